The molecule has 2 amide bonds. The quantitative estimate of drug-likeness (QED) is 0.739. The minimum atomic E-state index is -0.594. The molecule has 0 aliphatic carbocycles. The number of nitrogens with one attached hydrogen (secondary N) is 1. The van der Waals surface area contributed by atoms with Crippen LogP contribution in [-0.4, -0.2) is 77.4 Å². The van der Waals surface area contributed by atoms with Crippen molar-refractivity contribution in [2.75, 3.05) is 39.3 Å². The lowest BCUT2D eigenvalue weighted by Gasteiger charge is -2.36. The zero-order chi connectivity index (χ0) is 17.8. The minimum absolute atomic E-state index is 0.0514. The number of hydrogen-bond donors (Lipinski definition) is 2. The molecule has 1 aromatic rings. The summed E-state index contributed by atoms with van der Waals surface area (Å²) < 4.78 is 5.58. The summed E-state index contributed by atoms with van der Waals surface area (Å²) in [5.74, 6) is 0.491. The smallest absolute Gasteiger partial charge is 0.317 e. The standard InChI is InChI=1S/C17H25ClN4O3/c1-12-2-3-15(16(18)20-12)25-11-14(23)10-21-7-4-13(5-8-21)22-9-6-19-17(22)24/h2-3,13-14,23H,4-11H2,1H3,(H,19,24). The van der Waals surface area contributed by atoms with Crippen molar-refractivity contribution in [1.29, 1.82) is 0 Å². The van der Waals surface area contributed by atoms with Crippen LogP contribution in [0.15, 0.2) is 12.1 Å². The third kappa shape index (κ3) is 4.74. The predicted octanol–water partition coefficient (Wildman–Crippen LogP) is 1.27. The van der Waals surface area contributed by atoms with Gasteiger partial charge in [-0.15, -0.1) is 0 Å². The molecule has 0 radical (unpaired) electrons. The maximum atomic E-state index is 11.7. The highest BCUT2D eigenvalue weighted by Crippen LogP contribution is 2.22. The number of aliphatic hydroxyl groups excluding tert-OH is 1. The maximum absolute atomic E-state index is 11.7. The van der Waals surface area contributed by atoms with E-state index in [-0.39, 0.29) is 12.6 Å². The number of pyridine rings is 1. The number of aryl methyl sites for hydroxylation is 1. The van der Waals surface area contributed by atoms with Crippen molar-refractivity contribution in [2.24, 2.45) is 0 Å². The van der Waals surface area contributed by atoms with Crippen LogP contribution in [0.4, 0.5) is 4.79 Å². The number of likely N-dealkylation sites (tertiary alicyclic amines) is 1. The third-order valence-electron chi connectivity index (χ3n) is 4.74. The van der Waals surface area contributed by atoms with Crippen molar-refractivity contribution in [3.05, 3.63) is 23.0 Å². The molecule has 1 atom stereocenters. The van der Waals surface area contributed by atoms with Crippen LogP contribution in [0.25, 0.3) is 0 Å². The van der Waals surface area contributed by atoms with Gasteiger partial charge in [0.2, 0.25) is 0 Å². The average molecular weight is 369 g/mol. The van der Waals surface area contributed by atoms with E-state index in [1.54, 1.807) is 6.07 Å². The number of halogens is 1. The highest BCUT2D eigenvalue weighted by atomic mass is 35.5. The first-order valence-corrected chi connectivity index (χ1v) is 9.11. The van der Waals surface area contributed by atoms with Crippen LogP contribution >= 0.6 is 11.6 Å². The number of aromatic nitrogens is 1. The number of ether oxygens (including phenoxy) is 1. The van der Waals surface area contributed by atoms with E-state index in [2.05, 4.69) is 15.2 Å². The Morgan fingerprint density at radius 1 is 1.40 bits per heavy atom. The maximum Gasteiger partial charge on any atom is 0.317 e. The fraction of sp³-hybridized carbons (Fsp3) is 0.647. The van der Waals surface area contributed by atoms with Gasteiger partial charge < -0.3 is 25.0 Å². The lowest BCUT2D eigenvalue weighted by molar-refractivity contribution is 0.0508. The van der Waals surface area contributed by atoms with Crippen LogP contribution < -0.4 is 10.1 Å². The molecule has 0 spiro atoms. The van der Waals surface area contributed by atoms with Gasteiger partial charge in [-0.2, -0.15) is 0 Å². The summed E-state index contributed by atoms with van der Waals surface area (Å²) in [6.07, 6.45) is 1.28. The number of rotatable bonds is 6. The SMILES string of the molecule is Cc1ccc(OCC(O)CN2CCC(N3CCNC3=O)CC2)c(Cl)n1. The van der Waals surface area contributed by atoms with Gasteiger partial charge in [0.05, 0.1) is 0 Å². The lowest BCUT2D eigenvalue weighted by Crippen LogP contribution is -2.48. The molecular weight excluding hydrogens is 344 g/mol. The van der Waals surface area contributed by atoms with Crippen LogP contribution in [0.5, 0.6) is 5.75 Å². The fourth-order valence-electron chi connectivity index (χ4n) is 3.40. The van der Waals surface area contributed by atoms with Crippen LogP contribution in [0.1, 0.15) is 18.5 Å². The van der Waals surface area contributed by atoms with Gasteiger partial charge >= 0.3 is 6.03 Å². The molecule has 2 aliphatic heterocycles. The summed E-state index contributed by atoms with van der Waals surface area (Å²) in [7, 11) is 0. The average Bonchev–Trinajstić information content (AvgIpc) is 3.01. The summed E-state index contributed by atoms with van der Waals surface area (Å²) >= 11 is 6.03. The van der Waals surface area contributed by atoms with Crippen molar-refractivity contribution in [3.8, 4) is 5.75 Å². The van der Waals surface area contributed by atoms with E-state index < -0.39 is 6.10 Å². The molecule has 3 rings (SSSR count). The Bertz CT molecular complexity index is 608. The molecule has 1 unspecified atom stereocenters. The molecule has 1 aromatic heterocycles. The van der Waals surface area contributed by atoms with E-state index in [0.29, 0.717) is 23.5 Å². The van der Waals surface area contributed by atoms with Crippen molar-refractivity contribution >= 4 is 17.6 Å². The topological polar surface area (TPSA) is 77.9 Å². The Hall–Kier alpha value is -1.57. The highest BCUT2D eigenvalue weighted by Gasteiger charge is 2.31. The van der Waals surface area contributed by atoms with E-state index >= 15 is 0 Å². The largest absolute Gasteiger partial charge is 0.488 e. The molecule has 25 heavy (non-hydrogen) atoms. The second kappa shape index (κ2) is 8.21. The molecule has 0 bridgehead atoms. The van der Waals surface area contributed by atoms with Crippen molar-refractivity contribution in [3.63, 3.8) is 0 Å². The molecule has 7 nitrogen and oxygen atoms in total. The van der Waals surface area contributed by atoms with E-state index in [4.69, 9.17) is 16.3 Å². The number of aliphatic hydroxyl groups is 1. The fourth-order valence-corrected chi connectivity index (χ4v) is 3.66. The summed E-state index contributed by atoms with van der Waals surface area (Å²) in [6.45, 7) is 5.88. The first-order valence-electron chi connectivity index (χ1n) is 8.74. The Morgan fingerprint density at radius 3 is 2.80 bits per heavy atom. The van der Waals surface area contributed by atoms with Gasteiger partial charge in [0.15, 0.2) is 10.9 Å². The summed E-state index contributed by atoms with van der Waals surface area (Å²) in [4.78, 5) is 20.0. The number of carbonyl (C=O) groups is 1. The number of β-amino-alcohol motifs (C(OH)–C–C–N with tert-alkyl or cyclic N) is 1. The molecule has 2 fully saturated rings. The van der Waals surface area contributed by atoms with Crippen LogP contribution in [0, 0.1) is 6.92 Å². The van der Waals surface area contributed by atoms with Crippen molar-refractivity contribution < 1.29 is 14.6 Å². The summed E-state index contributed by atoms with van der Waals surface area (Å²) in [5.41, 5.74) is 0.826. The van der Waals surface area contributed by atoms with E-state index in [1.165, 1.54) is 0 Å². The van der Waals surface area contributed by atoms with Crippen molar-refractivity contribution in [2.45, 2.75) is 31.9 Å². The molecule has 3 heterocycles. The molecular formula is C17H25ClN4O3. The Labute approximate surface area is 152 Å². The highest BCUT2D eigenvalue weighted by molar-refractivity contribution is 6.30. The van der Waals surface area contributed by atoms with Gasteiger partial charge in [0, 0.05) is 44.5 Å². The second-order valence-electron chi connectivity index (χ2n) is 6.66. The number of amides is 2. The van der Waals surface area contributed by atoms with Gasteiger partial charge in [-0.3, -0.25) is 0 Å². The van der Waals surface area contributed by atoms with Crippen LogP contribution in [-0.2, 0) is 0 Å². The first kappa shape index (κ1) is 18.2. The zero-order valence-electron chi connectivity index (χ0n) is 14.4. The molecule has 0 aromatic carbocycles. The van der Waals surface area contributed by atoms with Gasteiger partial charge in [-0.25, -0.2) is 9.78 Å². The van der Waals surface area contributed by atoms with E-state index in [0.717, 1.165) is 44.7 Å². The molecule has 8 heteroatoms. The Kier molecular flexibility index (Phi) is 5.98. The molecule has 2 N–H and O–H groups in total. The molecule has 138 valence electrons. The third-order valence-corrected chi connectivity index (χ3v) is 5.01. The summed E-state index contributed by atoms with van der Waals surface area (Å²) in [6, 6.07) is 3.96. The number of piperidine rings is 1. The van der Waals surface area contributed by atoms with Crippen LogP contribution in [0.3, 0.4) is 0 Å². The van der Waals surface area contributed by atoms with Gasteiger partial charge in [-0.1, -0.05) is 11.6 Å². The van der Waals surface area contributed by atoms with E-state index in [1.807, 2.05) is 17.9 Å². The molecule has 0 saturated carbocycles. The number of urea groups is 1. The normalized spacial score (nSPS) is 20.6. The molecule has 2 saturated heterocycles. The first-order chi connectivity index (χ1) is 12.0. The van der Waals surface area contributed by atoms with Crippen LogP contribution in [0.2, 0.25) is 5.15 Å². The predicted molar refractivity (Wildman–Crippen MR) is 95.1 cm³/mol. The Morgan fingerprint density at radius 2 is 2.16 bits per heavy atom. The monoisotopic (exact) mass is 368 g/mol. The Balaban J connectivity index is 1.40. The van der Waals surface area contributed by atoms with Gasteiger partial charge in [-0.05, 0) is 31.9 Å². The number of nitrogens with zero attached hydrogens (tertiary/aromatic N) is 3. The van der Waals surface area contributed by atoms with Gasteiger partial charge in [0.1, 0.15) is 12.7 Å². The number of carbonyl (C=O) groups excluding carboxylic acids is 1. The van der Waals surface area contributed by atoms with E-state index in [9.17, 15) is 9.90 Å². The number of hydrogen-bond acceptors (Lipinski definition) is 5. The van der Waals surface area contributed by atoms with Crippen molar-refractivity contribution in [1.82, 2.24) is 20.1 Å². The lowest BCUT2D eigenvalue weighted by atomic mass is 10.0. The zero-order valence-corrected chi connectivity index (χ0v) is 15.2. The second-order valence-corrected chi connectivity index (χ2v) is 7.02. The molecule has 2 aliphatic rings. The summed E-state index contributed by atoms with van der Waals surface area (Å²) in [5, 5.41) is 13.4. The van der Waals surface area contributed by atoms with Gasteiger partial charge in [0.25, 0.3) is 0 Å². The minimum Gasteiger partial charge on any atom is -0.488 e.